The van der Waals surface area contributed by atoms with Crippen LogP contribution in [0.4, 0.5) is 0 Å². The Labute approximate surface area is 84.5 Å². The predicted octanol–water partition coefficient (Wildman–Crippen LogP) is 0.232. The van der Waals surface area contributed by atoms with Crippen LogP contribution in [0.5, 0.6) is 0 Å². The summed E-state index contributed by atoms with van der Waals surface area (Å²) in [6, 6.07) is 0.355. The molecule has 0 spiro atoms. The molecule has 1 fully saturated rings. The van der Waals surface area contributed by atoms with Crippen LogP contribution in [0, 0.1) is 0 Å². The van der Waals surface area contributed by atoms with Crippen LogP contribution >= 0.6 is 0 Å². The summed E-state index contributed by atoms with van der Waals surface area (Å²) in [5, 5.41) is 11.7. The second-order valence-electron chi connectivity index (χ2n) is 3.61. The number of nitrogens with zero attached hydrogens (tertiary/aromatic N) is 2. The summed E-state index contributed by atoms with van der Waals surface area (Å²) in [5.74, 6) is 0.241. The van der Waals surface area contributed by atoms with Crippen molar-refractivity contribution in [2.75, 3.05) is 19.8 Å². The third-order valence-electron chi connectivity index (χ3n) is 2.78. The van der Waals surface area contributed by atoms with Gasteiger partial charge in [-0.05, 0) is 13.3 Å². The highest BCUT2D eigenvalue weighted by molar-refractivity contribution is 5.85. The van der Waals surface area contributed by atoms with Crippen molar-refractivity contribution in [2.24, 2.45) is 10.9 Å². The van der Waals surface area contributed by atoms with E-state index in [0.717, 1.165) is 19.6 Å². The van der Waals surface area contributed by atoms with Gasteiger partial charge in [-0.25, -0.2) is 0 Å². The molecule has 2 atom stereocenters. The summed E-state index contributed by atoms with van der Waals surface area (Å²) in [7, 11) is 0. The number of hydrogen-bond donors (Lipinski definition) is 2. The number of nitrogens with two attached hydrogens (primary N) is 1. The van der Waals surface area contributed by atoms with Crippen LogP contribution in [0.2, 0.25) is 0 Å². The smallest absolute Gasteiger partial charge is 0.158 e. The number of rotatable bonds is 3. The lowest BCUT2D eigenvalue weighted by atomic mass is 10.1. The van der Waals surface area contributed by atoms with Gasteiger partial charge in [0.25, 0.3) is 0 Å². The van der Waals surface area contributed by atoms with Gasteiger partial charge in [-0.1, -0.05) is 12.1 Å². The Bertz CT molecular complexity index is 208. The first-order chi connectivity index (χ1) is 6.70. The zero-order valence-electron chi connectivity index (χ0n) is 8.81. The predicted molar refractivity (Wildman–Crippen MR) is 54.5 cm³/mol. The van der Waals surface area contributed by atoms with Gasteiger partial charge in [-0.3, -0.25) is 4.90 Å². The van der Waals surface area contributed by atoms with Crippen LogP contribution in [-0.4, -0.2) is 47.8 Å². The Morgan fingerprint density at radius 3 is 3.07 bits per heavy atom. The Morgan fingerprint density at radius 2 is 2.50 bits per heavy atom. The molecule has 3 N–H and O–H groups in total. The summed E-state index contributed by atoms with van der Waals surface area (Å²) in [5.41, 5.74) is 5.61. The molecule has 0 amide bonds. The minimum atomic E-state index is -0.0799. The van der Waals surface area contributed by atoms with Crippen molar-refractivity contribution < 1.29 is 9.94 Å². The van der Waals surface area contributed by atoms with E-state index in [1.807, 2.05) is 0 Å². The number of ether oxygens (including phenoxy) is 1. The quantitative estimate of drug-likeness (QED) is 0.297. The van der Waals surface area contributed by atoms with Gasteiger partial charge in [0.1, 0.15) is 0 Å². The van der Waals surface area contributed by atoms with Crippen LogP contribution < -0.4 is 5.73 Å². The molecule has 5 heteroatoms. The van der Waals surface area contributed by atoms with E-state index in [-0.39, 0.29) is 11.9 Å². The van der Waals surface area contributed by atoms with E-state index < -0.39 is 0 Å². The van der Waals surface area contributed by atoms with Crippen LogP contribution in [0.1, 0.15) is 20.3 Å². The van der Waals surface area contributed by atoms with Crippen molar-refractivity contribution in [1.29, 1.82) is 0 Å². The molecule has 82 valence electrons. The van der Waals surface area contributed by atoms with E-state index in [1.165, 1.54) is 0 Å². The standard InChI is InChI=1S/C9H19N3O2/c1-3-7(2)12-4-5-14-6-8(12)9(10)11-13/h7-8,13H,3-6H2,1-2H3,(H2,10,11). The van der Waals surface area contributed by atoms with Crippen molar-refractivity contribution in [3.63, 3.8) is 0 Å². The van der Waals surface area contributed by atoms with Gasteiger partial charge < -0.3 is 15.7 Å². The largest absolute Gasteiger partial charge is 0.409 e. The Kier molecular flexibility index (Phi) is 4.16. The third-order valence-corrected chi connectivity index (χ3v) is 2.78. The monoisotopic (exact) mass is 201 g/mol. The maximum absolute atomic E-state index is 8.64. The van der Waals surface area contributed by atoms with E-state index in [1.54, 1.807) is 0 Å². The van der Waals surface area contributed by atoms with E-state index in [0.29, 0.717) is 12.6 Å². The molecule has 0 aromatic carbocycles. The van der Waals surface area contributed by atoms with E-state index in [2.05, 4.69) is 23.9 Å². The van der Waals surface area contributed by atoms with E-state index >= 15 is 0 Å². The SMILES string of the molecule is CCC(C)N1CCOCC1/C(N)=N/O. The Morgan fingerprint density at radius 1 is 1.79 bits per heavy atom. The number of morpholine rings is 1. The molecule has 1 heterocycles. The number of oxime groups is 1. The van der Waals surface area contributed by atoms with Gasteiger partial charge in [0.2, 0.25) is 0 Å². The van der Waals surface area contributed by atoms with Gasteiger partial charge in [0.05, 0.1) is 19.3 Å². The summed E-state index contributed by atoms with van der Waals surface area (Å²) in [4.78, 5) is 2.22. The summed E-state index contributed by atoms with van der Waals surface area (Å²) < 4.78 is 5.32. The first-order valence-electron chi connectivity index (χ1n) is 5.01. The molecule has 0 aliphatic carbocycles. The lowest BCUT2D eigenvalue weighted by Gasteiger charge is -2.38. The van der Waals surface area contributed by atoms with Crippen molar-refractivity contribution >= 4 is 5.84 Å². The van der Waals surface area contributed by atoms with Gasteiger partial charge in [0.15, 0.2) is 5.84 Å². The average Bonchev–Trinajstić information content (AvgIpc) is 2.27. The molecule has 0 bridgehead atoms. The van der Waals surface area contributed by atoms with Crippen LogP contribution in [0.3, 0.4) is 0 Å². The lowest BCUT2D eigenvalue weighted by Crippen LogP contribution is -2.55. The maximum Gasteiger partial charge on any atom is 0.158 e. The van der Waals surface area contributed by atoms with Gasteiger partial charge in [0, 0.05) is 12.6 Å². The lowest BCUT2D eigenvalue weighted by molar-refractivity contribution is -0.00293. The van der Waals surface area contributed by atoms with Crippen molar-refractivity contribution in [3.05, 3.63) is 0 Å². The molecule has 14 heavy (non-hydrogen) atoms. The number of amidine groups is 1. The zero-order valence-corrected chi connectivity index (χ0v) is 8.81. The van der Waals surface area contributed by atoms with Gasteiger partial charge in [-0.2, -0.15) is 0 Å². The van der Waals surface area contributed by atoms with Crippen molar-refractivity contribution in [2.45, 2.75) is 32.4 Å². The Balaban J connectivity index is 2.68. The number of hydrogen-bond acceptors (Lipinski definition) is 4. The van der Waals surface area contributed by atoms with Crippen molar-refractivity contribution in [3.8, 4) is 0 Å². The summed E-state index contributed by atoms with van der Waals surface area (Å²) in [6.45, 7) is 6.35. The highest BCUT2D eigenvalue weighted by atomic mass is 16.5. The normalized spacial score (nSPS) is 27.6. The molecule has 0 aromatic heterocycles. The molecular formula is C9H19N3O2. The van der Waals surface area contributed by atoms with E-state index in [9.17, 15) is 0 Å². The van der Waals surface area contributed by atoms with Crippen LogP contribution in [0.25, 0.3) is 0 Å². The van der Waals surface area contributed by atoms with Crippen LogP contribution in [-0.2, 0) is 4.74 Å². The fourth-order valence-electron chi connectivity index (χ4n) is 1.70. The minimum absolute atomic E-state index is 0.0799. The first-order valence-corrected chi connectivity index (χ1v) is 5.01. The second kappa shape index (κ2) is 5.17. The van der Waals surface area contributed by atoms with E-state index in [4.69, 9.17) is 15.7 Å². The van der Waals surface area contributed by atoms with Gasteiger partial charge >= 0.3 is 0 Å². The summed E-state index contributed by atoms with van der Waals surface area (Å²) >= 11 is 0. The van der Waals surface area contributed by atoms with Crippen LogP contribution in [0.15, 0.2) is 5.16 Å². The minimum Gasteiger partial charge on any atom is -0.409 e. The molecule has 1 rings (SSSR count). The molecule has 0 saturated carbocycles. The fraction of sp³-hybridized carbons (Fsp3) is 0.889. The Hall–Kier alpha value is -0.810. The fourth-order valence-corrected chi connectivity index (χ4v) is 1.70. The average molecular weight is 201 g/mol. The summed E-state index contributed by atoms with van der Waals surface area (Å²) in [6.07, 6.45) is 1.05. The highest BCUT2D eigenvalue weighted by Crippen LogP contribution is 2.13. The molecule has 1 aliphatic heterocycles. The molecule has 5 nitrogen and oxygen atoms in total. The third kappa shape index (κ3) is 2.36. The zero-order chi connectivity index (χ0) is 10.6. The molecule has 1 aliphatic rings. The molecule has 0 radical (unpaired) electrons. The molecule has 1 saturated heterocycles. The van der Waals surface area contributed by atoms with Crippen molar-refractivity contribution in [1.82, 2.24) is 4.90 Å². The molecular weight excluding hydrogens is 182 g/mol. The maximum atomic E-state index is 8.64. The molecule has 0 aromatic rings. The first kappa shape index (κ1) is 11.3. The van der Waals surface area contributed by atoms with Gasteiger partial charge in [-0.15, -0.1) is 0 Å². The molecule has 2 unspecified atom stereocenters. The topological polar surface area (TPSA) is 71.1 Å². The highest BCUT2D eigenvalue weighted by Gasteiger charge is 2.29. The second-order valence-corrected chi connectivity index (χ2v) is 3.61.